The summed E-state index contributed by atoms with van der Waals surface area (Å²) in [7, 11) is 1.61. The number of benzene rings is 2. The summed E-state index contributed by atoms with van der Waals surface area (Å²) in [6.07, 6.45) is 1.74. The van der Waals surface area contributed by atoms with Gasteiger partial charge in [0, 0.05) is 7.11 Å². The molecule has 8 nitrogen and oxygen atoms in total. The highest BCUT2D eigenvalue weighted by Gasteiger charge is 2.21. The van der Waals surface area contributed by atoms with E-state index in [0.29, 0.717) is 46.7 Å². The van der Waals surface area contributed by atoms with E-state index in [0.717, 1.165) is 11.1 Å². The van der Waals surface area contributed by atoms with Crippen LogP contribution in [-0.2, 0) is 11.3 Å². The Balaban J connectivity index is 1.83. The van der Waals surface area contributed by atoms with Gasteiger partial charge in [0.05, 0.1) is 30.4 Å². The molecule has 0 amide bonds. The molecule has 32 heavy (non-hydrogen) atoms. The minimum atomic E-state index is -0.177. The van der Waals surface area contributed by atoms with Crippen molar-refractivity contribution in [2.75, 3.05) is 13.7 Å². The van der Waals surface area contributed by atoms with Gasteiger partial charge >= 0.3 is 0 Å². The molecule has 160 valence electrons. The van der Waals surface area contributed by atoms with Crippen LogP contribution in [0.2, 0.25) is 0 Å². The van der Waals surface area contributed by atoms with E-state index in [1.54, 1.807) is 29.5 Å². The topological polar surface area (TPSA) is 87.2 Å². The van der Waals surface area contributed by atoms with Gasteiger partial charge in [-0.15, -0.1) is 0 Å². The highest BCUT2D eigenvalue weighted by molar-refractivity contribution is 6.05. The van der Waals surface area contributed by atoms with Crippen LogP contribution < -0.4 is 5.56 Å². The van der Waals surface area contributed by atoms with Crippen LogP contribution >= 0.6 is 0 Å². The van der Waals surface area contributed by atoms with Gasteiger partial charge in [-0.25, -0.2) is 15.0 Å². The lowest BCUT2D eigenvalue weighted by molar-refractivity contribution is 0.185. The molecule has 0 aliphatic carbocycles. The van der Waals surface area contributed by atoms with Gasteiger partial charge in [-0.3, -0.25) is 9.36 Å². The number of nitrogens with zero attached hydrogens (tertiary/aromatic N) is 6. The summed E-state index contributed by atoms with van der Waals surface area (Å²) in [5, 5.41) is 5.06. The summed E-state index contributed by atoms with van der Waals surface area (Å²) >= 11 is 0. The van der Waals surface area contributed by atoms with Crippen molar-refractivity contribution < 1.29 is 4.74 Å². The van der Waals surface area contributed by atoms with Crippen molar-refractivity contribution >= 4 is 39.4 Å². The first kappa shape index (κ1) is 20.0. The first-order valence-corrected chi connectivity index (χ1v) is 10.3. The second-order valence-electron chi connectivity index (χ2n) is 7.66. The molecule has 5 rings (SSSR count). The molecule has 3 heterocycles. The number of rotatable bonds is 5. The van der Waals surface area contributed by atoms with Gasteiger partial charge in [-0.05, 0) is 31.5 Å². The van der Waals surface area contributed by atoms with Crippen molar-refractivity contribution in [3.05, 3.63) is 75.8 Å². The number of para-hydroxylation sites is 2. The van der Waals surface area contributed by atoms with Gasteiger partial charge in [-0.2, -0.15) is 9.78 Å². The second kappa shape index (κ2) is 7.97. The first-order chi connectivity index (χ1) is 15.6. The van der Waals surface area contributed by atoms with E-state index in [9.17, 15) is 4.79 Å². The van der Waals surface area contributed by atoms with Gasteiger partial charge < -0.3 is 4.74 Å². The molecule has 0 saturated carbocycles. The highest BCUT2D eigenvalue weighted by Crippen LogP contribution is 2.25. The van der Waals surface area contributed by atoms with Crippen LogP contribution in [0.3, 0.4) is 0 Å². The Morgan fingerprint density at radius 1 is 0.969 bits per heavy atom. The molecule has 0 radical (unpaired) electrons. The fourth-order valence-electron chi connectivity index (χ4n) is 3.75. The SMILES string of the molecule is COCCn1c(C)nc2c(c1=O)c1nc3ccccc3nc1n2N=Cc1ccc(C)cc1. The van der Waals surface area contributed by atoms with Crippen LogP contribution in [0, 0.1) is 13.8 Å². The Kier molecular flexibility index (Phi) is 4.99. The Hall–Kier alpha value is -3.91. The summed E-state index contributed by atoms with van der Waals surface area (Å²) < 4.78 is 8.39. The molecule has 0 unspecified atom stereocenters. The van der Waals surface area contributed by atoms with Crippen LogP contribution in [0.15, 0.2) is 58.4 Å². The summed E-state index contributed by atoms with van der Waals surface area (Å²) in [4.78, 5) is 27.7. The van der Waals surface area contributed by atoms with Crippen LogP contribution in [0.5, 0.6) is 0 Å². The van der Waals surface area contributed by atoms with Gasteiger partial charge in [0.2, 0.25) is 0 Å². The number of methoxy groups -OCH3 is 1. The molecule has 2 aromatic carbocycles. The number of aromatic nitrogens is 5. The lowest BCUT2D eigenvalue weighted by atomic mass is 10.2. The van der Waals surface area contributed by atoms with Gasteiger partial charge in [0.25, 0.3) is 5.56 Å². The average molecular weight is 426 g/mol. The smallest absolute Gasteiger partial charge is 0.265 e. The number of aryl methyl sites for hydroxylation is 2. The van der Waals surface area contributed by atoms with Crippen LogP contribution in [0.25, 0.3) is 33.2 Å². The predicted octanol–water partition coefficient (Wildman–Crippen LogP) is 3.44. The standard InChI is InChI=1S/C24H22N6O2/c1-15-8-10-17(11-9-15)14-25-30-22-20(24(31)29(12-13-32-3)16(2)26-22)21-23(30)28-19-7-5-4-6-18(19)27-21/h4-11,14H,12-13H2,1-3H3. The van der Waals surface area contributed by atoms with Crippen LogP contribution in [-0.4, -0.2) is 44.1 Å². The summed E-state index contributed by atoms with van der Waals surface area (Å²) in [6.45, 7) is 4.66. The van der Waals surface area contributed by atoms with Crippen LogP contribution in [0.1, 0.15) is 17.0 Å². The zero-order valence-corrected chi connectivity index (χ0v) is 18.1. The maximum Gasteiger partial charge on any atom is 0.265 e. The molecule has 0 fully saturated rings. The molecule has 0 atom stereocenters. The largest absolute Gasteiger partial charge is 0.383 e. The number of hydrogen-bond acceptors (Lipinski definition) is 6. The maximum atomic E-state index is 13.5. The predicted molar refractivity (Wildman–Crippen MR) is 125 cm³/mol. The van der Waals surface area contributed by atoms with Crippen molar-refractivity contribution in [1.29, 1.82) is 0 Å². The van der Waals surface area contributed by atoms with E-state index in [1.807, 2.05) is 55.5 Å². The van der Waals surface area contributed by atoms with E-state index in [2.05, 4.69) is 5.10 Å². The zero-order valence-electron chi connectivity index (χ0n) is 18.1. The summed E-state index contributed by atoms with van der Waals surface area (Å²) in [6, 6.07) is 15.6. The maximum absolute atomic E-state index is 13.5. The Labute approximate surface area is 183 Å². The quantitative estimate of drug-likeness (QED) is 0.402. The summed E-state index contributed by atoms with van der Waals surface area (Å²) in [5.41, 5.74) is 4.79. The van der Waals surface area contributed by atoms with Crippen molar-refractivity contribution in [3.63, 3.8) is 0 Å². The monoisotopic (exact) mass is 426 g/mol. The van der Waals surface area contributed by atoms with Gasteiger partial charge in [-0.1, -0.05) is 42.0 Å². The molecule has 0 saturated heterocycles. The molecule has 8 heteroatoms. The third kappa shape index (κ3) is 3.34. The highest BCUT2D eigenvalue weighted by atomic mass is 16.5. The minimum Gasteiger partial charge on any atom is -0.383 e. The van der Waals surface area contributed by atoms with E-state index >= 15 is 0 Å². The van der Waals surface area contributed by atoms with Crippen molar-refractivity contribution in [3.8, 4) is 0 Å². The normalized spacial score (nSPS) is 12.0. The molecular formula is C24H22N6O2. The van der Waals surface area contributed by atoms with Crippen LogP contribution in [0.4, 0.5) is 0 Å². The van der Waals surface area contributed by atoms with E-state index in [4.69, 9.17) is 19.7 Å². The Morgan fingerprint density at radius 2 is 1.69 bits per heavy atom. The van der Waals surface area contributed by atoms with Gasteiger partial charge in [0.15, 0.2) is 11.3 Å². The fraction of sp³-hybridized carbons (Fsp3) is 0.208. The van der Waals surface area contributed by atoms with E-state index in [-0.39, 0.29) is 5.56 Å². The zero-order chi connectivity index (χ0) is 22.2. The molecule has 0 N–H and O–H groups in total. The average Bonchev–Trinajstić information content (AvgIpc) is 3.09. The van der Waals surface area contributed by atoms with Crippen molar-refractivity contribution in [1.82, 2.24) is 24.2 Å². The van der Waals surface area contributed by atoms with E-state index < -0.39 is 0 Å². The summed E-state index contributed by atoms with van der Waals surface area (Å²) in [5.74, 6) is 0.582. The van der Waals surface area contributed by atoms with Gasteiger partial charge in [0.1, 0.15) is 16.7 Å². The minimum absolute atomic E-state index is 0.177. The molecule has 0 bridgehead atoms. The second-order valence-corrected chi connectivity index (χ2v) is 7.66. The van der Waals surface area contributed by atoms with Crippen molar-refractivity contribution in [2.45, 2.75) is 20.4 Å². The van der Waals surface area contributed by atoms with Crippen molar-refractivity contribution in [2.24, 2.45) is 5.10 Å². The molecule has 0 spiro atoms. The molecule has 0 aliphatic rings. The third-order valence-corrected chi connectivity index (χ3v) is 5.45. The fourth-order valence-corrected chi connectivity index (χ4v) is 3.75. The Bertz CT molecular complexity index is 1550. The number of hydrogen-bond donors (Lipinski definition) is 0. The van der Waals surface area contributed by atoms with E-state index in [1.165, 1.54) is 5.56 Å². The number of fused-ring (bicyclic) bond motifs is 4. The lowest BCUT2D eigenvalue weighted by Gasteiger charge is -2.08. The molecular weight excluding hydrogens is 404 g/mol. The molecule has 0 aliphatic heterocycles. The number of ether oxygens (including phenoxy) is 1. The molecule has 5 aromatic rings. The lowest BCUT2D eigenvalue weighted by Crippen LogP contribution is -2.25. The first-order valence-electron chi connectivity index (χ1n) is 10.3. The Morgan fingerprint density at radius 3 is 2.41 bits per heavy atom. The molecule has 3 aromatic heterocycles. The third-order valence-electron chi connectivity index (χ3n) is 5.45.